The second kappa shape index (κ2) is 9.86. The lowest BCUT2D eigenvalue weighted by Gasteiger charge is -2.11. The molecule has 7 aromatic carbocycles. The minimum Gasteiger partial charge on any atom is -0.355 e. The number of hydrogen-bond acceptors (Lipinski definition) is 0. The highest BCUT2D eigenvalue weighted by Crippen LogP contribution is 2.37. The number of hydrogen-bond donors (Lipinski definition) is 1. The normalized spacial score (nSPS) is 15.8. The molecule has 0 fully saturated rings. The fraction of sp³-hybridized carbons (Fsp3) is 0. The topological polar surface area (TPSA) is 20.7 Å². The number of rotatable bonds is 4. The standard InChI is InChI=1S/C42H28N2/c1-2-9-28(10-3-1)30-11-8-12-31(25-30)29-17-21-34(22-18-29)44-41-16-7-5-14-36(41)38-27-33(20-24-42(38)44)32-19-23-40-37(26-32)35-13-4-6-15-39(35)43-40/h1-27,43H/i1D,2D,3D,8D,9D,10D,11D,12D,17D,18D,21D,22D,25D. The maximum absolute atomic E-state index is 9.31. The summed E-state index contributed by atoms with van der Waals surface area (Å²) in [7, 11) is 0. The van der Waals surface area contributed by atoms with Crippen molar-refractivity contribution in [2.45, 2.75) is 0 Å². The molecule has 0 aliphatic rings. The summed E-state index contributed by atoms with van der Waals surface area (Å²) < 4.78 is 115. The first-order valence-electron chi connectivity index (χ1n) is 20.6. The molecule has 0 saturated heterocycles. The number of nitrogens with one attached hydrogen (secondary N) is 1. The van der Waals surface area contributed by atoms with Crippen LogP contribution in [0.1, 0.15) is 17.8 Å². The van der Waals surface area contributed by atoms with E-state index < -0.39 is 101 Å². The van der Waals surface area contributed by atoms with Crippen LogP contribution in [0.4, 0.5) is 0 Å². The van der Waals surface area contributed by atoms with Crippen LogP contribution in [-0.2, 0) is 0 Å². The molecule has 0 spiro atoms. The van der Waals surface area contributed by atoms with Gasteiger partial charge in [0.1, 0.15) is 0 Å². The Balaban J connectivity index is 1.26. The van der Waals surface area contributed by atoms with Gasteiger partial charge in [-0.3, -0.25) is 0 Å². The van der Waals surface area contributed by atoms with E-state index >= 15 is 0 Å². The van der Waals surface area contributed by atoms with Crippen LogP contribution in [0.15, 0.2) is 163 Å². The van der Waals surface area contributed by atoms with E-state index in [4.69, 9.17) is 12.3 Å². The van der Waals surface area contributed by atoms with Crippen LogP contribution < -0.4 is 0 Å². The zero-order chi connectivity index (χ0) is 40.3. The third-order valence-electron chi connectivity index (χ3n) is 7.97. The van der Waals surface area contributed by atoms with Crippen molar-refractivity contribution in [2.24, 2.45) is 0 Å². The van der Waals surface area contributed by atoms with Crippen molar-refractivity contribution in [3.63, 3.8) is 0 Å². The third kappa shape index (κ3) is 3.96. The van der Waals surface area contributed by atoms with Gasteiger partial charge in [0.15, 0.2) is 0 Å². The zero-order valence-electron chi connectivity index (χ0n) is 36.0. The summed E-state index contributed by atoms with van der Waals surface area (Å²) in [5, 5.41) is 3.79. The van der Waals surface area contributed by atoms with Crippen LogP contribution in [0.25, 0.3) is 82.7 Å². The Morgan fingerprint density at radius 1 is 0.432 bits per heavy atom. The Kier molecular flexibility index (Phi) is 3.37. The van der Waals surface area contributed by atoms with Gasteiger partial charge in [0.25, 0.3) is 0 Å². The molecule has 2 nitrogen and oxygen atoms in total. The van der Waals surface area contributed by atoms with Crippen molar-refractivity contribution in [1.82, 2.24) is 9.55 Å². The molecule has 1 N–H and O–H groups in total. The fourth-order valence-electron chi connectivity index (χ4n) is 5.93. The average Bonchev–Trinajstić information content (AvgIpc) is 3.75. The van der Waals surface area contributed by atoms with E-state index in [0.717, 1.165) is 43.7 Å². The average molecular weight is 574 g/mol. The van der Waals surface area contributed by atoms with Crippen molar-refractivity contribution in [3.8, 4) is 39.1 Å². The van der Waals surface area contributed by atoms with Crippen LogP contribution in [0.2, 0.25) is 0 Å². The SMILES string of the molecule is [2H]c1c([2H])c([2H])c(-c2c([2H])c([2H])c([2H])c(-c3c([2H])c([2H])c(-n4c5ccccc5c5cc(-c6ccc7[nH]c8ccccc8c7c6)ccc54)c([2H])c3[2H])c2[2H])c([2H])c1[2H]. The van der Waals surface area contributed by atoms with Crippen molar-refractivity contribution >= 4 is 43.6 Å². The summed E-state index contributed by atoms with van der Waals surface area (Å²) in [6, 6.07) is 18.8. The van der Waals surface area contributed by atoms with Crippen LogP contribution in [0.5, 0.6) is 0 Å². The van der Waals surface area contributed by atoms with Gasteiger partial charge in [-0.05, 0) is 87.9 Å². The molecule has 0 aliphatic heterocycles. The predicted octanol–water partition coefficient (Wildman–Crippen LogP) is 11.4. The molecule has 0 aliphatic carbocycles. The molecule has 206 valence electrons. The molecule has 0 unspecified atom stereocenters. The van der Waals surface area contributed by atoms with Crippen molar-refractivity contribution in [3.05, 3.63) is 163 Å². The van der Waals surface area contributed by atoms with Gasteiger partial charge in [-0.2, -0.15) is 0 Å². The van der Waals surface area contributed by atoms with Crippen molar-refractivity contribution < 1.29 is 17.8 Å². The highest BCUT2D eigenvalue weighted by molar-refractivity contribution is 6.11. The molecule has 9 rings (SSSR count). The Morgan fingerprint density at radius 3 is 1.86 bits per heavy atom. The van der Waals surface area contributed by atoms with Crippen LogP contribution in [0.3, 0.4) is 0 Å². The van der Waals surface area contributed by atoms with Gasteiger partial charge in [-0.15, -0.1) is 0 Å². The quantitative estimate of drug-likeness (QED) is 0.216. The number of aromatic amines is 1. The summed E-state index contributed by atoms with van der Waals surface area (Å²) in [6.45, 7) is 0. The van der Waals surface area contributed by atoms with Crippen molar-refractivity contribution in [2.75, 3.05) is 0 Å². The van der Waals surface area contributed by atoms with E-state index in [1.807, 2.05) is 72.8 Å². The molecule has 0 atom stereocenters. The first-order chi connectivity index (χ1) is 27.2. The molecule has 2 heterocycles. The number of nitrogens with zero attached hydrogens (tertiary/aromatic N) is 1. The first kappa shape index (κ1) is 15.0. The largest absolute Gasteiger partial charge is 0.355 e. The Hall–Kier alpha value is -5.86. The van der Waals surface area contributed by atoms with Gasteiger partial charge in [-0.1, -0.05) is 109 Å². The second-order valence-electron chi connectivity index (χ2n) is 10.5. The van der Waals surface area contributed by atoms with E-state index in [-0.39, 0.29) is 5.69 Å². The van der Waals surface area contributed by atoms with Gasteiger partial charge >= 0.3 is 0 Å². The summed E-state index contributed by atoms with van der Waals surface area (Å²) >= 11 is 0. The maximum atomic E-state index is 9.31. The zero-order valence-corrected chi connectivity index (χ0v) is 23.0. The Morgan fingerprint density at radius 2 is 1.05 bits per heavy atom. The van der Waals surface area contributed by atoms with Gasteiger partial charge < -0.3 is 9.55 Å². The smallest absolute Gasteiger partial charge is 0.0645 e. The number of para-hydroxylation sites is 2. The van der Waals surface area contributed by atoms with Gasteiger partial charge in [0.05, 0.1) is 28.9 Å². The predicted molar refractivity (Wildman–Crippen MR) is 186 cm³/mol. The molecule has 9 aromatic rings. The van der Waals surface area contributed by atoms with E-state index in [1.54, 1.807) is 4.57 Å². The fourth-order valence-corrected chi connectivity index (χ4v) is 5.93. The van der Waals surface area contributed by atoms with E-state index in [9.17, 15) is 5.48 Å². The monoisotopic (exact) mass is 573 g/mol. The number of aromatic nitrogens is 2. The minimum atomic E-state index is -0.772. The summed E-state index contributed by atoms with van der Waals surface area (Å²) in [5.74, 6) is 0. The molecule has 2 aromatic heterocycles. The summed E-state index contributed by atoms with van der Waals surface area (Å²) in [5.41, 5.74) is 3.00. The van der Waals surface area contributed by atoms with Gasteiger partial charge in [0.2, 0.25) is 0 Å². The van der Waals surface area contributed by atoms with E-state index in [0.29, 0.717) is 11.0 Å². The molecule has 0 saturated carbocycles. The molecular formula is C42H28N2. The molecule has 44 heavy (non-hydrogen) atoms. The Bertz CT molecular complexity index is 3180. The molecule has 0 bridgehead atoms. The number of fused-ring (bicyclic) bond motifs is 6. The summed E-state index contributed by atoms with van der Waals surface area (Å²) in [4.78, 5) is 3.45. The van der Waals surface area contributed by atoms with Gasteiger partial charge in [0, 0.05) is 38.3 Å². The maximum Gasteiger partial charge on any atom is 0.0645 e. The molecular weight excluding hydrogens is 532 g/mol. The lowest BCUT2D eigenvalue weighted by molar-refractivity contribution is 1.18. The third-order valence-corrected chi connectivity index (χ3v) is 7.97. The Labute approximate surface area is 273 Å². The molecule has 0 radical (unpaired) electrons. The van der Waals surface area contributed by atoms with Gasteiger partial charge in [-0.25, -0.2) is 0 Å². The van der Waals surface area contributed by atoms with Crippen LogP contribution >= 0.6 is 0 Å². The number of benzene rings is 7. The first-order valence-corrected chi connectivity index (χ1v) is 14.1. The molecule has 0 amide bonds. The lowest BCUT2D eigenvalue weighted by atomic mass is 9.99. The molecule has 2 heteroatoms. The van der Waals surface area contributed by atoms with E-state index in [2.05, 4.69) is 17.1 Å². The van der Waals surface area contributed by atoms with Crippen LogP contribution in [0, 0.1) is 0 Å². The number of H-pyrrole nitrogens is 1. The highest BCUT2D eigenvalue weighted by Gasteiger charge is 2.14. The minimum absolute atomic E-state index is 0.0833. The highest BCUT2D eigenvalue weighted by atomic mass is 15.0. The summed E-state index contributed by atoms with van der Waals surface area (Å²) in [6.07, 6.45) is 0. The van der Waals surface area contributed by atoms with Crippen LogP contribution in [-0.4, -0.2) is 9.55 Å². The lowest BCUT2D eigenvalue weighted by Crippen LogP contribution is -1.93. The van der Waals surface area contributed by atoms with E-state index in [1.165, 1.54) is 0 Å². The van der Waals surface area contributed by atoms with Crippen molar-refractivity contribution in [1.29, 1.82) is 0 Å². The second-order valence-corrected chi connectivity index (χ2v) is 10.5.